The lowest BCUT2D eigenvalue weighted by Crippen LogP contribution is -2.16. The standard InChI is InChI=1S/C14H14ClN3O/c15-11-5-6-13(17-9-11)18-14(19)12-4-2-1-3-10(12)7-8-16/h1-6,9H,7-8,16H2,(H,17,18,19). The van der Waals surface area contributed by atoms with Gasteiger partial charge < -0.3 is 11.1 Å². The first-order valence-electron chi connectivity index (χ1n) is 5.91. The van der Waals surface area contributed by atoms with Gasteiger partial charge in [0.1, 0.15) is 5.82 Å². The minimum atomic E-state index is -0.195. The number of hydrogen-bond acceptors (Lipinski definition) is 3. The molecule has 1 heterocycles. The van der Waals surface area contributed by atoms with Gasteiger partial charge in [-0.15, -0.1) is 0 Å². The molecule has 4 nitrogen and oxygen atoms in total. The Bertz CT molecular complexity index is 569. The van der Waals surface area contributed by atoms with Gasteiger partial charge in [-0.05, 0) is 36.7 Å². The summed E-state index contributed by atoms with van der Waals surface area (Å²) in [7, 11) is 0. The van der Waals surface area contributed by atoms with Crippen LogP contribution in [-0.4, -0.2) is 17.4 Å². The van der Waals surface area contributed by atoms with E-state index >= 15 is 0 Å². The van der Waals surface area contributed by atoms with E-state index < -0.39 is 0 Å². The van der Waals surface area contributed by atoms with Crippen LogP contribution in [0.25, 0.3) is 0 Å². The minimum Gasteiger partial charge on any atom is -0.330 e. The van der Waals surface area contributed by atoms with Gasteiger partial charge in [0, 0.05) is 11.8 Å². The molecule has 0 saturated carbocycles. The van der Waals surface area contributed by atoms with E-state index in [-0.39, 0.29) is 5.91 Å². The third-order valence-corrected chi connectivity index (χ3v) is 2.87. The lowest BCUT2D eigenvalue weighted by molar-refractivity contribution is 0.102. The number of hydrogen-bond donors (Lipinski definition) is 2. The van der Waals surface area contributed by atoms with Gasteiger partial charge in [0.05, 0.1) is 5.02 Å². The van der Waals surface area contributed by atoms with E-state index in [1.807, 2.05) is 18.2 Å². The smallest absolute Gasteiger partial charge is 0.257 e. The van der Waals surface area contributed by atoms with E-state index in [4.69, 9.17) is 17.3 Å². The summed E-state index contributed by atoms with van der Waals surface area (Å²) in [6, 6.07) is 10.7. The Kier molecular flexibility index (Phi) is 4.49. The Labute approximate surface area is 116 Å². The number of aromatic nitrogens is 1. The Morgan fingerprint density at radius 2 is 2.05 bits per heavy atom. The zero-order valence-electron chi connectivity index (χ0n) is 10.3. The van der Waals surface area contributed by atoms with Crippen LogP contribution in [0.2, 0.25) is 5.02 Å². The summed E-state index contributed by atoms with van der Waals surface area (Å²) >= 11 is 5.74. The monoisotopic (exact) mass is 275 g/mol. The first kappa shape index (κ1) is 13.5. The highest BCUT2D eigenvalue weighted by Crippen LogP contribution is 2.13. The predicted octanol–water partition coefficient (Wildman–Crippen LogP) is 2.49. The molecule has 0 unspecified atom stereocenters. The first-order valence-corrected chi connectivity index (χ1v) is 6.29. The molecule has 2 aromatic rings. The van der Waals surface area contributed by atoms with Crippen LogP contribution in [-0.2, 0) is 6.42 Å². The van der Waals surface area contributed by atoms with E-state index in [0.29, 0.717) is 29.4 Å². The van der Waals surface area contributed by atoms with Gasteiger partial charge in [-0.25, -0.2) is 4.98 Å². The average Bonchev–Trinajstić information content (AvgIpc) is 2.42. The van der Waals surface area contributed by atoms with Crippen LogP contribution in [0.5, 0.6) is 0 Å². The van der Waals surface area contributed by atoms with Crippen molar-refractivity contribution in [3.63, 3.8) is 0 Å². The van der Waals surface area contributed by atoms with Crippen LogP contribution in [0.3, 0.4) is 0 Å². The first-order chi connectivity index (χ1) is 9.20. The second kappa shape index (κ2) is 6.31. The molecule has 0 atom stereocenters. The van der Waals surface area contributed by atoms with Crippen molar-refractivity contribution < 1.29 is 4.79 Å². The van der Waals surface area contributed by atoms with Crippen molar-refractivity contribution in [3.8, 4) is 0 Å². The summed E-state index contributed by atoms with van der Waals surface area (Å²) in [6.45, 7) is 0.503. The molecule has 1 amide bonds. The van der Waals surface area contributed by atoms with Gasteiger partial charge in [0.2, 0.25) is 0 Å². The third-order valence-electron chi connectivity index (χ3n) is 2.64. The molecule has 98 valence electrons. The number of halogens is 1. The Balaban J connectivity index is 2.18. The van der Waals surface area contributed by atoms with E-state index in [1.54, 1.807) is 18.2 Å². The summed E-state index contributed by atoms with van der Waals surface area (Å²) in [4.78, 5) is 16.2. The number of amides is 1. The lowest BCUT2D eigenvalue weighted by Gasteiger charge is -2.09. The molecule has 0 fully saturated rings. The highest BCUT2D eigenvalue weighted by molar-refractivity contribution is 6.30. The Morgan fingerprint density at radius 1 is 1.26 bits per heavy atom. The molecular formula is C14H14ClN3O. The van der Waals surface area contributed by atoms with E-state index in [1.165, 1.54) is 6.20 Å². The summed E-state index contributed by atoms with van der Waals surface area (Å²) < 4.78 is 0. The van der Waals surface area contributed by atoms with Crippen molar-refractivity contribution in [3.05, 3.63) is 58.7 Å². The van der Waals surface area contributed by atoms with Gasteiger partial charge in [0.25, 0.3) is 5.91 Å². The van der Waals surface area contributed by atoms with Crippen LogP contribution >= 0.6 is 11.6 Å². The molecule has 0 aliphatic rings. The molecule has 0 aliphatic carbocycles. The maximum Gasteiger partial charge on any atom is 0.257 e. The fourth-order valence-corrected chi connectivity index (χ4v) is 1.86. The number of anilines is 1. The van der Waals surface area contributed by atoms with Gasteiger partial charge in [-0.3, -0.25) is 4.79 Å². The summed E-state index contributed by atoms with van der Waals surface area (Å²) in [6.07, 6.45) is 2.15. The normalized spacial score (nSPS) is 10.2. The number of nitrogens with two attached hydrogens (primary N) is 1. The minimum absolute atomic E-state index is 0.195. The zero-order chi connectivity index (χ0) is 13.7. The zero-order valence-corrected chi connectivity index (χ0v) is 11.0. The fourth-order valence-electron chi connectivity index (χ4n) is 1.75. The second-order valence-electron chi connectivity index (χ2n) is 4.01. The number of carbonyl (C=O) groups excluding carboxylic acids is 1. The molecule has 0 spiro atoms. The van der Waals surface area contributed by atoms with Crippen LogP contribution in [0.4, 0.5) is 5.82 Å². The number of nitrogens with one attached hydrogen (secondary N) is 1. The topological polar surface area (TPSA) is 68.0 Å². The number of benzene rings is 1. The Morgan fingerprint density at radius 3 is 2.74 bits per heavy atom. The molecule has 5 heteroatoms. The van der Waals surface area contributed by atoms with Crippen LogP contribution < -0.4 is 11.1 Å². The van der Waals surface area contributed by atoms with Crippen molar-refractivity contribution >= 4 is 23.3 Å². The van der Waals surface area contributed by atoms with Crippen molar-refractivity contribution in [2.24, 2.45) is 5.73 Å². The number of carbonyl (C=O) groups is 1. The maximum absolute atomic E-state index is 12.2. The molecule has 0 saturated heterocycles. The Hall–Kier alpha value is -1.91. The molecular weight excluding hydrogens is 262 g/mol. The SMILES string of the molecule is NCCc1ccccc1C(=O)Nc1ccc(Cl)cn1. The van der Waals surface area contributed by atoms with Gasteiger partial charge in [-0.2, -0.15) is 0 Å². The number of pyridine rings is 1. The van der Waals surface area contributed by atoms with Crippen LogP contribution in [0.15, 0.2) is 42.6 Å². The molecule has 0 radical (unpaired) electrons. The molecule has 1 aromatic heterocycles. The third kappa shape index (κ3) is 3.53. The summed E-state index contributed by atoms with van der Waals surface area (Å²) in [5.41, 5.74) is 7.08. The summed E-state index contributed by atoms with van der Waals surface area (Å²) in [5, 5.41) is 3.26. The number of nitrogens with zero attached hydrogens (tertiary/aromatic N) is 1. The van der Waals surface area contributed by atoms with Crippen molar-refractivity contribution in [2.75, 3.05) is 11.9 Å². The second-order valence-corrected chi connectivity index (χ2v) is 4.45. The van der Waals surface area contributed by atoms with Crippen molar-refractivity contribution in [1.29, 1.82) is 0 Å². The van der Waals surface area contributed by atoms with Gasteiger partial charge in [-0.1, -0.05) is 29.8 Å². The number of rotatable bonds is 4. The quantitative estimate of drug-likeness (QED) is 0.901. The van der Waals surface area contributed by atoms with E-state index in [2.05, 4.69) is 10.3 Å². The molecule has 0 aliphatic heterocycles. The van der Waals surface area contributed by atoms with Crippen molar-refractivity contribution in [1.82, 2.24) is 4.98 Å². The van der Waals surface area contributed by atoms with Gasteiger partial charge >= 0.3 is 0 Å². The highest BCUT2D eigenvalue weighted by Gasteiger charge is 2.10. The largest absolute Gasteiger partial charge is 0.330 e. The van der Waals surface area contributed by atoms with E-state index in [9.17, 15) is 4.79 Å². The molecule has 2 rings (SSSR count). The molecule has 1 aromatic carbocycles. The van der Waals surface area contributed by atoms with Crippen LogP contribution in [0, 0.1) is 0 Å². The predicted molar refractivity (Wildman–Crippen MR) is 76.4 cm³/mol. The van der Waals surface area contributed by atoms with E-state index in [0.717, 1.165) is 5.56 Å². The fraction of sp³-hybridized carbons (Fsp3) is 0.143. The maximum atomic E-state index is 12.2. The van der Waals surface area contributed by atoms with Gasteiger partial charge in [0.15, 0.2) is 0 Å². The average molecular weight is 276 g/mol. The molecule has 19 heavy (non-hydrogen) atoms. The summed E-state index contributed by atoms with van der Waals surface area (Å²) in [5.74, 6) is 0.274. The van der Waals surface area contributed by atoms with Crippen LogP contribution in [0.1, 0.15) is 15.9 Å². The van der Waals surface area contributed by atoms with Crippen molar-refractivity contribution in [2.45, 2.75) is 6.42 Å². The molecule has 0 bridgehead atoms. The highest BCUT2D eigenvalue weighted by atomic mass is 35.5. The lowest BCUT2D eigenvalue weighted by atomic mass is 10.0. The molecule has 3 N–H and O–H groups in total.